The van der Waals surface area contributed by atoms with Crippen molar-refractivity contribution in [2.75, 3.05) is 32.8 Å². The van der Waals surface area contributed by atoms with Crippen molar-refractivity contribution in [3.8, 4) is 0 Å². The van der Waals surface area contributed by atoms with Crippen LogP contribution < -0.4 is 10.6 Å². The van der Waals surface area contributed by atoms with Crippen molar-refractivity contribution in [2.24, 2.45) is 5.92 Å². The summed E-state index contributed by atoms with van der Waals surface area (Å²) in [5.41, 5.74) is -0.128. The molecule has 0 spiro atoms. The van der Waals surface area contributed by atoms with Crippen LogP contribution in [-0.2, 0) is 14.3 Å². The molecule has 0 saturated carbocycles. The number of ether oxygens (including phenoxy) is 1. The number of carbonyl (C=O) groups is 2. The van der Waals surface area contributed by atoms with E-state index < -0.39 is 6.04 Å². The Hall–Kier alpha value is -1.14. The van der Waals surface area contributed by atoms with Crippen LogP contribution in [0.4, 0.5) is 0 Å². The molecular formula is C15H29N3O3. The van der Waals surface area contributed by atoms with Crippen LogP contribution in [0.25, 0.3) is 0 Å². The van der Waals surface area contributed by atoms with Gasteiger partial charge in [-0.3, -0.25) is 14.5 Å². The van der Waals surface area contributed by atoms with E-state index in [1.165, 1.54) is 6.92 Å². The normalized spacial score (nSPS) is 18.4. The molecule has 122 valence electrons. The van der Waals surface area contributed by atoms with Gasteiger partial charge >= 0.3 is 0 Å². The van der Waals surface area contributed by atoms with Crippen LogP contribution in [0.15, 0.2) is 0 Å². The Bertz CT molecular complexity index is 363. The Kier molecular flexibility index (Phi) is 6.61. The van der Waals surface area contributed by atoms with Gasteiger partial charge in [-0.05, 0) is 19.8 Å². The average Bonchev–Trinajstić information content (AvgIpc) is 2.43. The molecule has 0 aromatic heterocycles. The van der Waals surface area contributed by atoms with Crippen molar-refractivity contribution in [1.29, 1.82) is 0 Å². The quantitative estimate of drug-likeness (QED) is 0.743. The van der Waals surface area contributed by atoms with Crippen LogP contribution in [0.5, 0.6) is 0 Å². The first-order valence-corrected chi connectivity index (χ1v) is 7.61. The van der Waals surface area contributed by atoms with Gasteiger partial charge in [-0.2, -0.15) is 0 Å². The first kappa shape index (κ1) is 17.9. The molecule has 1 saturated heterocycles. The zero-order valence-electron chi connectivity index (χ0n) is 13.9. The Morgan fingerprint density at radius 1 is 1.24 bits per heavy atom. The van der Waals surface area contributed by atoms with Gasteiger partial charge in [-0.1, -0.05) is 13.8 Å². The van der Waals surface area contributed by atoms with Gasteiger partial charge in [0.25, 0.3) is 0 Å². The van der Waals surface area contributed by atoms with E-state index in [2.05, 4.69) is 29.4 Å². The van der Waals surface area contributed by atoms with Crippen LogP contribution in [0.1, 0.15) is 34.6 Å². The lowest BCUT2D eigenvalue weighted by atomic mass is 10.00. The number of rotatable bonds is 6. The third-order valence-electron chi connectivity index (χ3n) is 3.87. The maximum Gasteiger partial charge on any atom is 0.242 e. The van der Waals surface area contributed by atoms with Gasteiger partial charge < -0.3 is 15.4 Å². The number of hydrogen-bond donors (Lipinski definition) is 2. The molecule has 0 aliphatic carbocycles. The van der Waals surface area contributed by atoms with Crippen LogP contribution in [0.2, 0.25) is 0 Å². The minimum atomic E-state index is -0.483. The standard InChI is InChI=1S/C15H29N3O3/c1-11(2)13(17-12(3)19)14(20)16-10-15(4,5)18-6-8-21-9-7-18/h11,13H,6-10H2,1-5H3,(H,16,20)(H,17,19)/t13-/m1/s1. The Balaban J connectivity index is 2.54. The molecule has 0 aromatic rings. The van der Waals surface area contributed by atoms with Crippen molar-refractivity contribution < 1.29 is 14.3 Å². The third kappa shape index (κ3) is 5.63. The summed E-state index contributed by atoms with van der Waals surface area (Å²) in [4.78, 5) is 25.8. The van der Waals surface area contributed by atoms with E-state index in [0.29, 0.717) is 6.54 Å². The van der Waals surface area contributed by atoms with Crippen LogP contribution in [0, 0.1) is 5.92 Å². The molecule has 0 bridgehead atoms. The molecule has 1 aliphatic heterocycles. The second-order valence-corrected chi connectivity index (χ2v) is 6.55. The highest BCUT2D eigenvalue weighted by Crippen LogP contribution is 2.15. The van der Waals surface area contributed by atoms with Gasteiger partial charge in [0.15, 0.2) is 0 Å². The van der Waals surface area contributed by atoms with Crippen LogP contribution in [0.3, 0.4) is 0 Å². The average molecular weight is 299 g/mol. The van der Waals surface area contributed by atoms with Crippen LogP contribution in [-0.4, -0.2) is 61.1 Å². The first-order chi connectivity index (χ1) is 9.74. The smallest absolute Gasteiger partial charge is 0.242 e. The molecule has 1 aliphatic rings. The largest absolute Gasteiger partial charge is 0.379 e. The van der Waals surface area contributed by atoms with E-state index in [4.69, 9.17) is 4.74 Å². The lowest BCUT2D eigenvalue weighted by Gasteiger charge is -2.41. The first-order valence-electron chi connectivity index (χ1n) is 7.61. The zero-order valence-corrected chi connectivity index (χ0v) is 13.9. The minimum Gasteiger partial charge on any atom is -0.379 e. The molecule has 0 radical (unpaired) electrons. The molecule has 0 aromatic carbocycles. The molecule has 21 heavy (non-hydrogen) atoms. The summed E-state index contributed by atoms with van der Waals surface area (Å²) in [6, 6.07) is -0.483. The van der Waals surface area contributed by atoms with Gasteiger partial charge in [-0.25, -0.2) is 0 Å². The van der Waals surface area contributed by atoms with Gasteiger partial charge in [0.2, 0.25) is 11.8 Å². The van der Waals surface area contributed by atoms with Crippen molar-refractivity contribution in [3.05, 3.63) is 0 Å². The SMILES string of the molecule is CC(=O)N[C@@H](C(=O)NCC(C)(C)N1CCOCC1)C(C)C. The fourth-order valence-electron chi connectivity index (χ4n) is 2.45. The molecule has 2 N–H and O–H groups in total. The summed E-state index contributed by atoms with van der Waals surface area (Å²) >= 11 is 0. The summed E-state index contributed by atoms with van der Waals surface area (Å²) in [7, 11) is 0. The van der Waals surface area contributed by atoms with Crippen LogP contribution >= 0.6 is 0 Å². The molecule has 0 unspecified atom stereocenters. The summed E-state index contributed by atoms with van der Waals surface area (Å²) in [6.07, 6.45) is 0. The molecule has 6 heteroatoms. The highest BCUT2D eigenvalue weighted by atomic mass is 16.5. The summed E-state index contributed by atoms with van der Waals surface area (Å²) in [5, 5.41) is 5.68. The van der Waals surface area contributed by atoms with E-state index >= 15 is 0 Å². The van der Waals surface area contributed by atoms with E-state index in [0.717, 1.165) is 26.3 Å². The Labute approximate surface area is 127 Å². The highest BCUT2D eigenvalue weighted by molar-refractivity contribution is 5.87. The number of nitrogens with one attached hydrogen (secondary N) is 2. The van der Waals surface area contributed by atoms with Crippen molar-refractivity contribution in [3.63, 3.8) is 0 Å². The fraction of sp³-hybridized carbons (Fsp3) is 0.867. The topological polar surface area (TPSA) is 70.7 Å². The third-order valence-corrected chi connectivity index (χ3v) is 3.87. The number of nitrogens with zero attached hydrogens (tertiary/aromatic N) is 1. The van der Waals surface area contributed by atoms with Crippen molar-refractivity contribution in [1.82, 2.24) is 15.5 Å². The van der Waals surface area contributed by atoms with E-state index in [9.17, 15) is 9.59 Å². The van der Waals surface area contributed by atoms with Gasteiger partial charge in [-0.15, -0.1) is 0 Å². The predicted molar refractivity (Wildman–Crippen MR) is 81.9 cm³/mol. The number of morpholine rings is 1. The lowest BCUT2D eigenvalue weighted by molar-refractivity contribution is -0.129. The van der Waals surface area contributed by atoms with E-state index in [1.807, 2.05) is 13.8 Å². The Morgan fingerprint density at radius 2 is 1.81 bits per heavy atom. The number of hydrogen-bond acceptors (Lipinski definition) is 4. The van der Waals surface area contributed by atoms with E-state index in [-0.39, 0.29) is 23.3 Å². The molecule has 1 heterocycles. The molecule has 6 nitrogen and oxygen atoms in total. The van der Waals surface area contributed by atoms with Crippen molar-refractivity contribution in [2.45, 2.75) is 46.2 Å². The Morgan fingerprint density at radius 3 is 2.29 bits per heavy atom. The summed E-state index contributed by atoms with van der Waals surface area (Å²) < 4.78 is 5.36. The maximum atomic E-state index is 12.3. The molecule has 2 amide bonds. The number of carbonyl (C=O) groups excluding carboxylic acids is 2. The maximum absolute atomic E-state index is 12.3. The lowest BCUT2D eigenvalue weighted by Crippen LogP contribution is -2.58. The second-order valence-electron chi connectivity index (χ2n) is 6.55. The number of amides is 2. The minimum absolute atomic E-state index is 0.0559. The highest BCUT2D eigenvalue weighted by Gasteiger charge is 2.30. The predicted octanol–water partition coefficient (Wildman–Crippen LogP) is 0.374. The summed E-state index contributed by atoms with van der Waals surface area (Å²) in [6.45, 7) is 13.3. The molecule has 1 rings (SSSR count). The molecule has 1 fully saturated rings. The van der Waals surface area contributed by atoms with Gasteiger partial charge in [0.05, 0.1) is 13.2 Å². The second kappa shape index (κ2) is 7.75. The van der Waals surface area contributed by atoms with Gasteiger partial charge in [0, 0.05) is 32.1 Å². The molecule has 1 atom stereocenters. The zero-order chi connectivity index (χ0) is 16.0. The van der Waals surface area contributed by atoms with E-state index in [1.54, 1.807) is 0 Å². The fourth-order valence-corrected chi connectivity index (χ4v) is 2.45. The van der Waals surface area contributed by atoms with Crippen molar-refractivity contribution >= 4 is 11.8 Å². The monoisotopic (exact) mass is 299 g/mol. The summed E-state index contributed by atoms with van der Waals surface area (Å²) in [5.74, 6) is -0.252. The molecular weight excluding hydrogens is 270 g/mol. The van der Waals surface area contributed by atoms with Gasteiger partial charge in [0.1, 0.15) is 6.04 Å².